The molecule has 2 N–H and O–H groups in total. The van der Waals surface area contributed by atoms with Crippen LogP contribution in [0.25, 0.3) is 0 Å². The number of ketones is 1. The molecule has 0 radical (unpaired) electrons. The van der Waals surface area contributed by atoms with Crippen LogP contribution in [0.1, 0.15) is 10.4 Å². The fourth-order valence-corrected chi connectivity index (χ4v) is 1.27. The van der Waals surface area contributed by atoms with Crippen molar-refractivity contribution in [1.82, 2.24) is 4.98 Å². The number of nitrogens with zero attached hydrogens (tertiary/aromatic N) is 1. The topological polar surface area (TPSA) is 56.0 Å². The summed E-state index contributed by atoms with van der Waals surface area (Å²) in [5, 5.41) is 0.189. The first-order chi connectivity index (χ1) is 5.65. The Kier molecular flexibility index (Phi) is 3.20. The van der Waals surface area contributed by atoms with Crippen LogP contribution in [-0.4, -0.2) is 17.3 Å². The predicted octanol–water partition coefficient (Wildman–Crippen LogP) is 1.64. The molecule has 0 unspecified atom stereocenters. The molecular weight excluding hydrogens is 243 g/mol. The summed E-state index contributed by atoms with van der Waals surface area (Å²) in [5.74, 6) is -0.214. The van der Waals surface area contributed by atoms with Gasteiger partial charge in [0.25, 0.3) is 0 Å². The molecule has 12 heavy (non-hydrogen) atoms. The summed E-state index contributed by atoms with van der Waals surface area (Å²) in [4.78, 5) is 14.9. The van der Waals surface area contributed by atoms with Gasteiger partial charge >= 0.3 is 0 Å². The molecule has 0 amide bonds. The molecule has 0 atom stereocenters. The average Bonchev–Trinajstić information content (AvgIpc) is 2.08. The number of rotatable bonds is 2. The van der Waals surface area contributed by atoms with Gasteiger partial charge in [-0.3, -0.25) is 4.79 Å². The number of Topliss-reactive ketones (excluding diaryl/α,β-unsaturated/α-hetero) is 1. The van der Waals surface area contributed by atoms with Crippen LogP contribution in [0.3, 0.4) is 0 Å². The maximum absolute atomic E-state index is 11.1. The van der Waals surface area contributed by atoms with E-state index in [1.54, 1.807) is 6.07 Å². The van der Waals surface area contributed by atoms with Gasteiger partial charge in [0.1, 0.15) is 5.15 Å². The summed E-state index contributed by atoms with van der Waals surface area (Å²) >= 11 is 8.84. The molecule has 0 aliphatic carbocycles. The van der Waals surface area contributed by atoms with Crippen LogP contribution in [-0.2, 0) is 0 Å². The molecule has 0 aliphatic rings. The molecule has 0 saturated carbocycles. The Bertz CT molecular complexity index is 316. The Morgan fingerprint density at radius 3 is 3.00 bits per heavy atom. The Labute approximate surface area is 83.1 Å². The van der Waals surface area contributed by atoms with E-state index in [4.69, 9.17) is 17.3 Å². The summed E-state index contributed by atoms with van der Waals surface area (Å²) in [7, 11) is 0. The van der Waals surface area contributed by atoms with E-state index in [-0.39, 0.29) is 17.5 Å². The molecule has 0 spiro atoms. The van der Waals surface area contributed by atoms with Crippen LogP contribution >= 0.6 is 27.5 Å². The fraction of sp³-hybridized carbons (Fsp3) is 0.143. The molecule has 3 nitrogen and oxygen atoms in total. The van der Waals surface area contributed by atoms with Crippen molar-refractivity contribution in [3.8, 4) is 0 Å². The van der Waals surface area contributed by atoms with E-state index >= 15 is 0 Å². The second kappa shape index (κ2) is 3.98. The van der Waals surface area contributed by atoms with Crippen LogP contribution in [0.5, 0.6) is 0 Å². The second-order valence-corrected chi connectivity index (χ2v) is 3.39. The lowest BCUT2D eigenvalue weighted by atomic mass is 10.2. The first-order valence-corrected chi connectivity index (χ1v) is 4.36. The van der Waals surface area contributed by atoms with Crippen LogP contribution < -0.4 is 5.73 Å². The number of carbonyl (C=O) groups excluding carboxylic acids is 1. The van der Waals surface area contributed by atoms with E-state index in [0.717, 1.165) is 0 Å². The van der Waals surface area contributed by atoms with E-state index in [9.17, 15) is 4.79 Å². The maximum atomic E-state index is 11.1. The van der Waals surface area contributed by atoms with Crippen LogP contribution in [0.4, 0.5) is 0 Å². The van der Waals surface area contributed by atoms with E-state index in [2.05, 4.69) is 20.9 Å². The highest BCUT2D eigenvalue weighted by molar-refractivity contribution is 9.10. The SMILES string of the molecule is NCC(=O)c1cc(Br)cnc1Cl. The second-order valence-electron chi connectivity index (χ2n) is 2.12. The van der Waals surface area contributed by atoms with Crippen LogP contribution in [0, 0.1) is 0 Å². The minimum absolute atomic E-state index is 0.0577. The van der Waals surface area contributed by atoms with Gasteiger partial charge < -0.3 is 5.73 Å². The fourth-order valence-electron chi connectivity index (χ4n) is 0.728. The van der Waals surface area contributed by atoms with Crippen molar-refractivity contribution < 1.29 is 4.79 Å². The smallest absolute Gasteiger partial charge is 0.179 e. The zero-order valence-electron chi connectivity index (χ0n) is 6.05. The largest absolute Gasteiger partial charge is 0.324 e. The molecule has 0 aromatic carbocycles. The molecule has 64 valence electrons. The van der Waals surface area contributed by atoms with Crippen LogP contribution in [0.15, 0.2) is 16.7 Å². The molecule has 1 aromatic heterocycles. The van der Waals surface area contributed by atoms with Gasteiger partial charge in [0, 0.05) is 10.7 Å². The molecule has 5 heteroatoms. The minimum atomic E-state index is -0.214. The number of pyridine rings is 1. The number of aromatic nitrogens is 1. The summed E-state index contributed by atoms with van der Waals surface area (Å²) in [5.41, 5.74) is 5.53. The quantitative estimate of drug-likeness (QED) is 0.640. The van der Waals surface area contributed by atoms with E-state index in [0.29, 0.717) is 10.0 Å². The lowest BCUT2D eigenvalue weighted by Gasteiger charge is -1.99. The van der Waals surface area contributed by atoms with Gasteiger partial charge in [0.2, 0.25) is 0 Å². The third-order valence-electron chi connectivity index (χ3n) is 1.29. The van der Waals surface area contributed by atoms with Gasteiger partial charge in [-0.25, -0.2) is 4.98 Å². The number of halogens is 2. The number of carbonyl (C=O) groups is 1. The van der Waals surface area contributed by atoms with E-state index in [1.807, 2.05) is 0 Å². The van der Waals surface area contributed by atoms with Gasteiger partial charge in [0.15, 0.2) is 5.78 Å². The van der Waals surface area contributed by atoms with Crippen molar-refractivity contribution in [2.45, 2.75) is 0 Å². The lowest BCUT2D eigenvalue weighted by Crippen LogP contribution is -2.14. The third kappa shape index (κ3) is 2.03. The highest BCUT2D eigenvalue weighted by Crippen LogP contribution is 2.17. The Balaban J connectivity index is 3.13. The summed E-state index contributed by atoms with van der Waals surface area (Å²) < 4.78 is 0.712. The van der Waals surface area contributed by atoms with Gasteiger partial charge in [-0.05, 0) is 22.0 Å². The predicted molar refractivity (Wildman–Crippen MR) is 50.3 cm³/mol. The standard InChI is InChI=1S/C7H6BrClN2O/c8-4-1-5(6(12)2-10)7(9)11-3-4/h1,3H,2,10H2. The average molecular weight is 249 g/mol. The summed E-state index contributed by atoms with van der Waals surface area (Å²) in [6, 6.07) is 1.60. The Morgan fingerprint density at radius 1 is 1.75 bits per heavy atom. The summed E-state index contributed by atoms with van der Waals surface area (Å²) in [6.07, 6.45) is 1.52. The number of hydrogen-bond donors (Lipinski definition) is 1. The minimum Gasteiger partial charge on any atom is -0.324 e. The van der Waals surface area contributed by atoms with Crippen molar-refractivity contribution in [1.29, 1.82) is 0 Å². The highest BCUT2D eigenvalue weighted by atomic mass is 79.9. The molecule has 0 bridgehead atoms. The van der Waals surface area contributed by atoms with Crippen molar-refractivity contribution in [2.24, 2.45) is 5.73 Å². The molecule has 0 saturated heterocycles. The van der Waals surface area contributed by atoms with Crippen LogP contribution in [0.2, 0.25) is 5.15 Å². The molecular formula is C7H6BrClN2O. The Hall–Kier alpha value is -0.450. The third-order valence-corrected chi connectivity index (χ3v) is 2.03. The van der Waals surface area contributed by atoms with Gasteiger partial charge in [-0.2, -0.15) is 0 Å². The Morgan fingerprint density at radius 2 is 2.42 bits per heavy atom. The van der Waals surface area contributed by atoms with Gasteiger partial charge in [0.05, 0.1) is 12.1 Å². The zero-order chi connectivity index (χ0) is 9.14. The number of hydrogen-bond acceptors (Lipinski definition) is 3. The molecule has 1 aromatic rings. The number of nitrogens with two attached hydrogens (primary N) is 1. The van der Waals surface area contributed by atoms with E-state index in [1.165, 1.54) is 6.20 Å². The maximum Gasteiger partial charge on any atom is 0.179 e. The van der Waals surface area contributed by atoms with E-state index < -0.39 is 0 Å². The highest BCUT2D eigenvalue weighted by Gasteiger charge is 2.09. The monoisotopic (exact) mass is 248 g/mol. The van der Waals surface area contributed by atoms with Crippen molar-refractivity contribution >= 4 is 33.3 Å². The van der Waals surface area contributed by atoms with Gasteiger partial charge in [-0.1, -0.05) is 11.6 Å². The normalized spacial score (nSPS) is 9.92. The molecule has 1 rings (SSSR count). The summed E-state index contributed by atoms with van der Waals surface area (Å²) in [6.45, 7) is -0.0577. The lowest BCUT2D eigenvalue weighted by molar-refractivity contribution is 0.100. The zero-order valence-corrected chi connectivity index (χ0v) is 8.39. The molecule has 0 fully saturated rings. The van der Waals surface area contributed by atoms with Gasteiger partial charge in [-0.15, -0.1) is 0 Å². The van der Waals surface area contributed by atoms with Crippen molar-refractivity contribution in [3.05, 3.63) is 27.5 Å². The van der Waals surface area contributed by atoms with Crippen molar-refractivity contribution in [2.75, 3.05) is 6.54 Å². The molecule has 0 aliphatic heterocycles. The first kappa shape index (κ1) is 9.64. The van der Waals surface area contributed by atoms with Crippen molar-refractivity contribution in [3.63, 3.8) is 0 Å². The molecule has 1 heterocycles. The first-order valence-electron chi connectivity index (χ1n) is 3.19.